The summed E-state index contributed by atoms with van der Waals surface area (Å²) in [4.78, 5) is 2.37. The minimum absolute atomic E-state index is 0.606. The van der Waals surface area contributed by atoms with E-state index >= 15 is 0 Å². The predicted octanol–water partition coefficient (Wildman–Crippen LogP) is 4.23. The molecule has 0 aromatic heterocycles. The van der Waals surface area contributed by atoms with Gasteiger partial charge in [0.1, 0.15) is 6.07 Å². The van der Waals surface area contributed by atoms with E-state index in [0.717, 1.165) is 24.2 Å². The van der Waals surface area contributed by atoms with E-state index in [1.54, 1.807) is 6.07 Å². The van der Waals surface area contributed by atoms with Gasteiger partial charge >= 0.3 is 0 Å². The second-order valence-corrected chi connectivity index (χ2v) is 5.82. The topological polar surface area (TPSA) is 27.0 Å². The van der Waals surface area contributed by atoms with Crippen molar-refractivity contribution in [3.8, 4) is 6.07 Å². The van der Waals surface area contributed by atoms with Crippen molar-refractivity contribution in [1.29, 1.82) is 5.26 Å². The molecule has 0 aliphatic heterocycles. The van der Waals surface area contributed by atoms with Gasteiger partial charge in [0.15, 0.2) is 0 Å². The van der Waals surface area contributed by atoms with Crippen molar-refractivity contribution in [2.45, 2.75) is 39.2 Å². The third-order valence-corrected chi connectivity index (χ3v) is 3.56. The van der Waals surface area contributed by atoms with Gasteiger partial charge in [0.25, 0.3) is 0 Å². The molecule has 0 amide bonds. The molecule has 0 N–H and O–H groups in total. The van der Waals surface area contributed by atoms with Gasteiger partial charge in [-0.2, -0.15) is 5.26 Å². The van der Waals surface area contributed by atoms with Crippen molar-refractivity contribution in [1.82, 2.24) is 0 Å². The summed E-state index contributed by atoms with van der Waals surface area (Å²) in [6, 6.07) is 8.42. The van der Waals surface area contributed by atoms with Crippen LogP contribution in [-0.2, 0) is 0 Å². The van der Waals surface area contributed by atoms with Crippen LogP contribution in [0.15, 0.2) is 18.2 Å². The quantitative estimate of drug-likeness (QED) is 0.794. The Labute approximate surface area is 114 Å². The van der Waals surface area contributed by atoms with Gasteiger partial charge in [-0.05, 0) is 43.4 Å². The molecule has 1 aromatic rings. The molecule has 3 heteroatoms. The average molecular weight is 263 g/mol. The van der Waals surface area contributed by atoms with Crippen LogP contribution in [0.5, 0.6) is 0 Å². The lowest BCUT2D eigenvalue weighted by Crippen LogP contribution is -2.28. The smallest absolute Gasteiger partial charge is 0.101 e. The Kier molecular flexibility index (Phi) is 4.14. The second kappa shape index (κ2) is 5.63. The fourth-order valence-electron chi connectivity index (χ4n) is 2.12. The Morgan fingerprint density at radius 1 is 1.44 bits per heavy atom. The van der Waals surface area contributed by atoms with Crippen molar-refractivity contribution in [3.63, 3.8) is 0 Å². The van der Waals surface area contributed by atoms with Crippen LogP contribution in [0.1, 0.15) is 38.7 Å². The van der Waals surface area contributed by atoms with Gasteiger partial charge in [-0.1, -0.05) is 25.4 Å². The highest BCUT2D eigenvalue weighted by molar-refractivity contribution is 6.30. The third kappa shape index (κ3) is 3.17. The zero-order valence-corrected chi connectivity index (χ0v) is 11.7. The van der Waals surface area contributed by atoms with Gasteiger partial charge in [0, 0.05) is 17.6 Å². The lowest BCUT2D eigenvalue weighted by atomic mass is 10.1. The van der Waals surface area contributed by atoms with Gasteiger partial charge < -0.3 is 4.90 Å². The number of nitrogens with zero attached hydrogens (tertiary/aromatic N) is 2. The first-order valence-corrected chi connectivity index (χ1v) is 6.96. The average Bonchev–Trinajstić information content (AvgIpc) is 3.14. The number of hydrogen-bond donors (Lipinski definition) is 0. The van der Waals surface area contributed by atoms with Crippen molar-refractivity contribution < 1.29 is 0 Å². The largest absolute Gasteiger partial charge is 0.367 e. The molecule has 1 fully saturated rings. The lowest BCUT2D eigenvalue weighted by molar-refractivity contribution is 0.570. The monoisotopic (exact) mass is 262 g/mol. The minimum atomic E-state index is 0.606. The molecule has 1 saturated carbocycles. The summed E-state index contributed by atoms with van der Waals surface area (Å²) in [7, 11) is 0. The molecule has 0 bridgehead atoms. The van der Waals surface area contributed by atoms with E-state index in [0.29, 0.717) is 17.0 Å². The highest BCUT2D eigenvalue weighted by Gasteiger charge is 2.30. The van der Waals surface area contributed by atoms with E-state index in [2.05, 4.69) is 24.8 Å². The third-order valence-electron chi connectivity index (χ3n) is 3.32. The van der Waals surface area contributed by atoms with E-state index in [9.17, 15) is 5.26 Å². The molecule has 0 heterocycles. The molecular weight excluding hydrogens is 244 g/mol. The summed E-state index contributed by atoms with van der Waals surface area (Å²) in [5.41, 5.74) is 1.74. The molecule has 2 rings (SSSR count). The zero-order valence-electron chi connectivity index (χ0n) is 11.0. The maximum atomic E-state index is 9.22. The SMILES string of the molecule is CC(C)CCN(c1cc(Cl)ccc1C#N)C1CC1. The van der Waals surface area contributed by atoms with Gasteiger partial charge in [0.2, 0.25) is 0 Å². The number of halogens is 1. The Balaban J connectivity index is 2.24. The maximum absolute atomic E-state index is 9.22. The lowest BCUT2D eigenvalue weighted by Gasteiger charge is -2.26. The van der Waals surface area contributed by atoms with Crippen LogP contribution in [0.25, 0.3) is 0 Å². The number of benzene rings is 1. The maximum Gasteiger partial charge on any atom is 0.101 e. The fourth-order valence-corrected chi connectivity index (χ4v) is 2.29. The molecule has 1 aliphatic rings. The van der Waals surface area contributed by atoms with E-state index in [4.69, 9.17) is 11.6 Å². The van der Waals surface area contributed by atoms with Crippen molar-refractivity contribution in [2.75, 3.05) is 11.4 Å². The predicted molar refractivity (Wildman–Crippen MR) is 76.0 cm³/mol. The molecule has 1 aliphatic carbocycles. The van der Waals surface area contributed by atoms with Gasteiger partial charge in [-0.25, -0.2) is 0 Å². The Hall–Kier alpha value is -1.20. The van der Waals surface area contributed by atoms with Crippen LogP contribution < -0.4 is 4.90 Å². The summed E-state index contributed by atoms with van der Waals surface area (Å²) < 4.78 is 0. The summed E-state index contributed by atoms with van der Waals surface area (Å²) in [6.45, 7) is 5.47. The minimum Gasteiger partial charge on any atom is -0.367 e. The summed E-state index contributed by atoms with van der Waals surface area (Å²) in [5, 5.41) is 9.93. The summed E-state index contributed by atoms with van der Waals surface area (Å²) in [5.74, 6) is 0.677. The molecule has 0 unspecified atom stereocenters. The van der Waals surface area contributed by atoms with Gasteiger partial charge in [-0.15, -0.1) is 0 Å². The number of anilines is 1. The first-order chi connectivity index (χ1) is 8.61. The Morgan fingerprint density at radius 3 is 2.72 bits per heavy atom. The standard InChI is InChI=1S/C15H19ClN2/c1-11(2)7-8-18(14-5-6-14)15-9-13(16)4-3-12(15)10-17/h3-4,9,11,14H,5-8H2,1-2H3. The summed E-state index contributed by atoms with van der Waals surface area (Å²) in [6.07, 6.45) is 3.61. The van der Waals surface area contributed by atoms with E-state index in [-0.39, 0.29) is 0 Å². The van der Waals surface area contributed by atoms with Crippen molar-refractivity contribution in [2.24, 2.45) is 5.92 Å². The van der Waals surface area contributed by atoms with Crippen LogP contribution >= 0.6 is 11.6 Å². The van der Waals surface area contributed by atoms with Crippen LogP contribution in [0.3, 0.4) is 0 Å². The van der Waals surface area contributed by atoms with Crippen molar-refractivity contribution >= 4 is 17.3 Å². The molecule has 2 nitrogen and oxygen atoms in total. The molecule has 96 valence electrons. The molecule has 0 atom stereocenters. The molecule has 1 aromatic carbocycles. The van der Waals surface area contributed by atoms with Crippen LogP contribution in [0, 0.1) is 17.2 Å². The Morgan fingerprint density at radius 2 is 2.17 bits per heavy atom. The van der Waals surface area contributed by atoms with E-state index in [1.165, 1.54) is 12.8 Å². The second-order valence-electron chi connectivity index (χ2n) is 5.38. The number of rotatable bonds is 5. The molecule has 0 spiro atoms. The Bertz CT molecular complexity index is 458. The van der Waals surface area contributed by atoms with E-state index in [1.807, 2.05) is 12.1 Å². The van der Waals surface area contributed by atoms with Crippen LogP contribution in [-0.4, -0.2) is 12.6 Å². The molecular formula is C15H19ClN2. The number of hydrogen-bond acceptors (Lipinski definition) is 2. The van der Waals surface area contributed by atoms with E-state index < -0.39 is 0 Å². The van der Waals surface area contributed by atoms with Crippen LogP contribution in [0.2, 0.25) is 5.02 Å². The fraction of sp³-hybridized carbons (Fsp3) is 0.533. The summed E-state index contributed by atoms with van der Waals surface area (Å²) >= 11 is 6.07. The zero-order chi connectivity index (χ0) is 13.1. The normalized spacial score (nSPS) is 14.6. The molecule has 0 radical (unpaired) electrons. The van der Waals surface area contributed by atoms with Crippen LogP contribution in [0.4, 0.5) is 5.69 Å². The highest BCUT2D eigenvalue weighted by Crippen LogP contribution is 2.35. The first kappa shape index (κ1) is 13.2. The van der Waals surface area contributed by atoms with Gasteiger partial charge in [0.05, 0.1) is 11.3 Å². The molecule has 0 saturated heterocycles. The van der Waals surface area contributed by atoms with Crippen molar-refractivity contribution in [3.05, 3.63) is 28.8 Å². The van der Waals surface area contributed by atoms with Gasteiger partial charge in [-0.3, -0.25) is 0 Å². The first-order valence-electron chi connectivity index (χ1n) is 6.58. The number of nitriles is 1. The molecule has 18 heavy (non-hydrogen) atoms. The highest BCUT2D eigenvalue weighted by atomic mass is 35.5.